The number of aliphatic hydroxyl groups is 1. The topological polar surface area (TPSA) is 78.4 Å². The Hall–Kier alpha value is -2.44. The summed E-state index contributed by atoms with van der Waals surface area (Å²) >= 11 is 6.29. The van der Waals surface area contributed by atoms with E-state index in [0.717, 1.165) is 0 Å². The number of rotatable bonds is 4. The van der Waals surface area contributed by atoms with Gasteiger partial charge in [-0.1, -0.05) is 17.7 Å². The molecule has 3 fully saturated rings. The summed E-state index contributed by atoms with van der Waals surface area (Å²) in [4.78, 5) is 25.6. The minimum absolute atomic E-state index is 0.106. The van der Waals surface area contributed by atoms with E-state index in [-0.39, 0.29) is 17.2 Å². The van der Waals surface area contributed by atoms with E-state index < -0.39 is 22.9 Å². The Morgan fingerprint density at radius 2 is 1.97 bits per heavy atom. The maximum atomic E-state index is 13.9. The van der Waals surface area contributed by atoms with E-state index in [1.807, 2.05) is 0 Å². The predicted molar refractivity (Wildman–Crippen MR) is 111 cm³/mol. The summed E-state index contributed by atoms with van der Waals surface area (Å²) in [5.41, 5.74) is 0.526. The largest absolute Gasteiger partial charge is 0.390 e. The summed E-state index contributed by atoms with van der Waals surface area (Å²) in [5.74, 6) is -0.854. The van der Waals surface area contributed by atoms with Crippen molar-refractivity contribution in [2.45, 2.75) is 44.8 Å². The lowest BCUT2D eigenvalue weighted by molar-refractivity contribution is -0.271. The molecule has 2 amide bonds. The highest BCUT2D eigenvalue weighted by Crippen LogP contribution is 2.77. The van der Waals surface area contributed by atoms with Crippen LogP contribution in [0.1, 0.15) is 60.6 Å². The first-order valence-electron chi connectivity index (χ1n) is 9.98. The zero-order valence-corrected chi connectivity index (χ0v) is 17.4. The molecule has 7 heteroatoms. The van der Waals surface area contributed by atoms with Gasteiger partial charge in [0.15, 0.2) is 0 Å². The first kappa shape index (κ1) is 19.5. The van der Waals surface area contributed by atoms with Crippen LogP contribution in [-0.2, 0) is 4.79 Å². The third-order valence-electron chi connectivity index (χ3n) is 7.24. The Kier molecular flexibility index (Phi) is 3.94. The van der Waals surface area contributed by atoms with Crippen LogP contribution in [0.15, 0.2) is 36.4 Å². The zero-order valence-electron chi connectivity index (χ0n) is 16.7. The average molecular weight is 429 g/mol. The molecule has 0 radical (unpaired) electrons. The Balaban J connectivity index is 1.46. The van der Waals surface area contributed by atoms with Gasteiger partial charge in [0.25, 0.3) is 5.91 Å². The highest BCUT2D eigenvalue weighted by atomic mass is 35.5. The molecule has 1 atom stereocenters. The molecular formula is C23H22ClFN2O3. The SMILES string of the molecule is CC(C)(O)C12CC(C(=O)Nc3cccc4c3C(c3cc(F)ccc3Cl)NC4=O)(C1)C2. The van der Waals surface area contributed by atoms with E-state index in [0.29, 0.717) is 46.7 Å². The lowest BCUT2D eigenvalue weighted by Crippen LogP contribution is -2.73. The fraction of sp³-hybridized carbons (Fsp3) is 0.391. The van der Waals surface area contributed by atoms with E-state index >= 15 is 0 Å². The summed E-state index contributed by atoms with van der Waals surface area (Å²) in [6, 6.07) is 8.50. The lowest BCUT2D eigenvalue weighted by atomic mass is 9.31. The molecule has 0 aromatic heterocycles. The smallest absolute Gasteiger partial charge is 0.252 e. The van der Waals surface area contributed by atoms with Crippen molar-refractivity contribution in [2.75, 3.05) is 5.32 Å². The van der Waals surface area contributed by atoms with Gasteiger partial charge in [0.2, 0.25) is 5.91 Å². The number of hydrogen-bond acceptors (Lipinski definition) is 3. The molecule has 30 heavy (non-hydrogen) atoms. The molecule has 0 spiro atoms. The highest BCUT2D eigenvalue weighted by molar-refractivity contribution is 6.31. The molecule has 0 saturated heterocycles. The summed E-state index contributed by atoms with van der Waals surface area (Å²) < 4.78 is 13.9. The van der Waals surface area contributed by atoms with E-state index in [1.165, 1.54) is 18.2 Å². The molecule has 3 N–H and O–H groups in total. The molecule has 2 bridgehead atoms. The molecule has 1 unspecified atom stereocenters. The van der Waals surface area contributed by atoms with Gasteiger partial charge in [0.05, 0.1) is 17.1 Å². The molecule has 6 rings (SSSR count). The second-order valence-corrected chi connectivity index (χ2v) is 9.85. The van der Waals surface area contributed by atoms with Crippen LogP contribution >= 0.6 is 11.6 Å². The maximum Gasteiger partial charge on any atom is 0.252 e. The van der Waals surface area contributed by atoms with Crippen LogP contribution in [0.3, 0.4) is 0 Å². The second kappa shape index (κ2) is 6.05. The second-order valence-electron chi connectivity index (χ2n) is 9.44. The third-order valence-corrected chi connectivity index (χ3v) is 7.59. The molecule has 1 aliphatic heterocycles. The summed E-state index contributed by atoms with van der Waals surface area (Å²) in [5, 5.41) is 16.5. The van der Waals surface area contributed by atoms with Gasteiger partial charge in [-0.25, -0.2) is 4.39 Å². The molecule has 4 aliphatic rings. The lowest BCUT2D eigenvalue weighted by Gasteiger charge is -2.73. The van der Waals surface area contributed by atoms with Crippen LogP contribution in [0.5, 0.6) is 0 Å². The molecular weight excluding hydrogens is 407 g/mol. The van der Waals surface area contributed by atoms with Gasteiger partial charge in [-0.05, 0) is 63.4 Å². The first-order chi connectivity index (χ1) is 14.1. The molecule has 3 aliphatic carbocycles. The van der Waals surface area contributed by atoms with Gasteiger partial charge < -0.3 is 15.7 Å². The van der Waals surface area contributed by atoms with Crippen molar-refractivity contribution in [1.82, 2.24) is 5.32 Å². The number of fused-ring (bicyclic) bond motifs is 1. The minimum Gasteiger partial charge on any atom is -0.390 e. The standard InChI is InChI=1S/C23H22ClFN2O3/c1-21(2,30)23-9-22(10-23,11-23)20(29)26-16-5-3-4-13-17(16)18(27-19(13)28)14-8-12(25)6-7-15(14)24/h3-8,18,30H,9-11H2,1-2H3,(H,26,29)(H,27,28). The Morgan fingerprint density at radius 3 is 2.63 bits per heavy atom. The van der Waals surface area contributed by atoms with Crippen molar-refractivity contribution < 1.29 is 19.1 Å². The van der Waals surface area contributed by atoms with E-state index in [1.54, 1.807) is 32.0 Å². The average Bonchev–Trinajstić information content (AvgIpc) is 2.91. The van der Waals surface area contributed by atoms with Crippen LogP contribution in [0.25, 0.3) is 0 Å². The fourth-order valence-corrected chi connectivity index (χ4v) is 5.59. The Bertz CT molecular complexity index is 1090. The van der Waals surface area contributed by atoms with Gasteiger partial charge in [0, 0.05) is 32.8 Å². The van der Waals surface area contributed by atoms with Crippen LogP contribution in [0.2, 0.25) is 5.02 Å². The van der Waals surface area contributed by atoms with Crippen molar-refractivity contribution in [2.24, 2.45) is 10.8 Å². The van der Waals surface area contributed by atoms with Crippen molar-refractivity contribution >= 4 is 29.1 Å². The number of halogens is 2. The van der Waals surface area contributed by atoms with Crippen molar-refractivity contribution in [1.29, 1.82) is 0 Å². The maximum absolute atomic E-state index is 13.9. The summed E-state index contributed by atoms with van der Waals surface area (Å²) in [6.45, 7) is 3.59. The molecule has 2 aromatic rings. The van der Waals surface area contributed by atoms with Crippen LogP contribution in [0.4, 0.5) is 10.1 Å². The molecule has 1 heterocycles. The van der Waals surface area contributed by atoms with Gasteiger partial charge >= 0.3 is 0 Å². The third kappa shape index (κ3) is 2.56. The van der Waals surface area contributed by atoms with Gasteiger partial charge in [-0.2, -0.15) is 0 Å². The van der Waals surface area contributed by atoms with Crippen molar-refractivity contribution in [3.05, 3.63) is 63.9 Å². The molecule has 156 valence electrons. The number of anilines is 1. The predicted octanol–water partition coefficient (Wildman–Crippen LogP) is 4.19. The number of benzene rings is 2. The number of carbonyl (C=O) groups excluding carboxylic acids is 2. The quantitative estimate of drug-likeness (QED) is 0.683. The zero-order chi connectivity index (χ0) is 21.5. The van der Waals surface area contributed by atoms with Crippen LogP contribution < -0.4 is 10.6 Å². The van der Waals surface area contributed by atoms with Crippen molar-refractivity contribution in [3.63, 3.8) is 0 Å². The van der Waals surface area contributed by atoms with E-state index in [2.05, 4.69) is 10.6 Å². The minimum atomic E-state index is -0.807. The Morgan fingerprint density at radius 1 is 1.27 bits per heavy atom. The van der Waals surface area contributed by atoms with Gasteiger partial charge in [-0.3, -0.25) is 9.59 Å². The number of carbonyl (C=O) groups is 2. The van der Waals surface area contributed by atoms with E-state index in [4.69, 9.17) is 11.6 Å². The molecule has 3 saturated carbocycles. The number of hydrogen-bond donors (Lipinski definition) is 3. The molecule has 5 nitrogen and oxygen atoms in total. The molecule has 2 aromatic carbocycles. The van der Waals surface area contributed by atoms with Crippen LogP contribution in [0, 0.1) is 16.6 Å². The normalized spacial score (nSPS) is 28.8. The van der Waals surface area contributed by atoms with Gasteiger partial charge in [-0.15, -0.1) is 0 Å². The van der Waals surface area contributed by atoms with Crippen molar-refractivity contribution in [3.8, 4) is 0 Å². The Labute approximate surface area is 178 Å². The van der Waals surface area contributed by atoms with Crippen LogP contribution in [-0.4, -0.2) is 22.5 Å². The first-order valence-corrected chi connectivity index (χ1v) is 10.4. The fourth-order valence-electron chi connectivity index (χ4n) is 5.37. The number of nitrogens with one attached hydrogen (secondary N) is 2. The number of amides is 2. The highest BCUT2D eigenvalue weighted by Gasteiger charge is 2.75. The van der Waals surface area contributed by atoms with Gasteiger partial charge in [0.1, 0.15) is 5.82 Å². The van der Waals surface area contributed by atoms with E-state index in [9.17, 15) is 19.1 Å². The monoisotopic (exact) mass is 428 g/mol. The summed E-state index contributed by atoms with van der Waals surface area (Å²) in [6.07, 6.45) is 1.96. The summed E-state index contributed by atoms with van der Waals surface area (Å²) in [7, 11) is 0.